The van der Waals surface area contributed by atoms with E-state index < -0.39 is 5.54 Å². The van der Waals surface area contributed by atoms with Crippen molar-refractivity contribution in [2.24, 2.45) is 5.92 Å². The average Bonchev–Trinajstić information content (AvgIpc) is 2.43. The highest BCUT2D eigenvalue weighted by atomic mass is 35.5. The third-order valence-electron chi connectivity index (χ3n) is 3.95. The van der Waals surface area contributed by atoms with Gasteiger partial charge in [-0.25, -0.2) is 4.79 Å². The molecule has 1 saturated carbocycles. The van der Waals surface area contributed by atoms with Gasteiger partial charge in [0.2, 0.25) is 0 Å². The largest absolute Gasteiger partial charge is 0.394 e. The molecule has 0 radical (unpaired) electrons. The molecule has 6 heteroatoms. The molecule has 0 bridgehead atoms. The van der Waals surface area contributed by atoms with Gasteiger partial charge in [-0.2, -0.15) is 0 Å². The quantitative estimate of drug-likeness (QED) is 0.782. The lowest BCUT2D eigenvalue weighted by Crippen LogP contribution is -2.55. The monoisotopic (exact) mass is 330 g/mol. The van der Waals surface area contributed by atoms with E-state index in [1.165, 1.54) is 0 Å². The predicted molar refractivity (Wildman–Crippen MR) is 86.1 cm³/mol. The van der Waals surface area contributed by atoms with Gasteiger partial charge >= 0.3 is 6.03 Å². The minimum Gasteiger partial charge on any atom is -0.394 e. The molecule has 2 unspecified atom stereocenters. The molecule has 0 spiro atoms. The molecule has 1 aromatic rings. The van der Waals surface area contributed by atoms with E-state index in [-0.39, 0.29) is 12.6 Å². The van der Waals surface area contributed by atoms with Crippen molar-refractivity contribution in [3.05, 3.63) is 28.2 Å². The van der Waals surface area contributed by atoms with Crippen molar-refractivity contribution >= 4 is 34.9 Å². The molecule has 3 N–H and O–H groups in total. The second-order valence-corrected chi connectivity index (χ2v) is 6.69. The van der Waals surface area contributed by atoms with Gasteiger partial charge in [0.1, 0.15) is 0 Å². The Kier molecular flexibility index (Phi) is 5.36. The number of rotatable bonds is 3. The van der Waals surface area contributed by atoms with Gasteiger partial charge < -0.3 is 15.7 Å². The number of aliphatic hydroxyl groups excluding tert-OH is 1. The van der Waals surface area contributed by atoms with E-state index >= 15 is 0 Å². The van der Waals surface area contributed by atoms with Crippen molar-refractivity contribution in [2.45, 2.75) is 38.1 Å². The van der Waals surface area contributed by atoms with Crippen LogP contribution in [-0.2, 0) is 0 Å². The number of amides is 2. The van der Waals surface area contributed by atoms with Gasteiger partial charge in [0.25, 0.3) is 0 Å². The van der Waals surface area contributed by atoms with Crippen LogP contribution in [0.2, 0.25) is 10.0 Å². The molecule has 0 heterocycles. The number of carbonyl (C=O) groups is 1. The molecular formula is C15H20Cl2N2O2. The topological polar surface area (TPSA) is 61.4 Å². The molecule has 0 saturated heterocycles. The summed E-state index contributed by atoms with van der Waals surface area (Å²) < 4.78 is 0. The number of halogens is 2. The summed E-state index contributed by atoms with van der Waals surface area (Å²) >= 11 is 11.9. The highest BCUT2D eigenvalue weighted by Crippen LogP contribution is 2.32. The zero-order chi connectivity index (χ0) is 15.5. The Hall–Kier alpha value is -0.970. The van der Waals surface area contributed by atoms with Crippen LogP contribution in [0.25, 0.3) is 0 Å². The van der Waals surface area contributed by atoms with Gasteiger partial charge in [-0.05, 0) is 37.0 Å². The Bertz CT molecular complexity index is 524. The van der Waals surface area contributed by atoms with Crippen molar-refractivity contribution < 1.29 is 9.90 Å². The van der Waals surface area contributed by atoms with Crippen LogP contribution in [0.5, 0.6) is 0 Å². The second-order valence-electron chi connectivity index (χ2n) is 5.84. The van der Waals surface area contributed by atoms with Crippen molar-refractivity contribution in [3.63, 3.8) is 0 Å². The molecule has 0 aromatic heterocycles. The van der Waals surface area contributed by atoms with Crippen molar-refractivity contribution in [2.75, 3.05) is 11.9 Å². The van der Waals surface area contributed by atoms with Crippen LogP contribution in [0.3, 0.4) is 0 Å². The van der Waals surface area contributed by atoms with Gasteiger partial charge in [-0.3, -0.25) is 0 Å². The molecule has 116 valence electrons. The third kappa shape index (κ3) is 4.25. The number of carbonyl (C=O) groups excluding carboxylic acids is 1. The number of aliphatic hydroxyl groups is 1. The van der Waals surface area contributed by atoms with Crippen LogP contribution < -0.4 is 10.6 Å². The number of benzene rings is 1. The molecule has 1 fully saturated rings. The zero-order valence-electron chi connectivity index (χ0n) is 12.0. The maximum absolute atomic E-state index is 12.2. The Balaban J connectivity index is 2.04. The van der Waals surface area contributed by atoms with Crippen LogP contribution >= 0.6 is 23.2 Å². The van der Waals surface area contributed by atoms with E-state index in [9.17, 15) is 9.90 Å². The molecule has 0 aliphatic heterocycles. The number of anilines is 1. The first-order chi connectivity index (χ1) is 9.94. The molecule has 4 nitrogen and oxygen atoms in total. The van der Waals surface area contributed by atoms with Crippen LogP contribution in [-0.4, -0.2) is 23.3 Å². The first-order valence-corrected chi connectivity index (χ1v) is 7.85. The number of urea groups is 1. The van der Waals surface area contributed by atoms with Gasteiger partial charge in [0.05, 0.1) is 22.9 Å². The number of hydrogen-bond donors (Lipinski definition) is 3. The van der Waals surface area contributed by atoms with Gasteiger partial charge in [-0.15, -0.1) is 0 Å². The molecule has 2 amide bonds. The maximum Gasteiger partial charge on any atom is 0.319 e. The fraction of sp³-hybridized carbons (Fsp3) is 0.533. The lowest BCUT2D eigenvalue weighted by Gasteiger charge is -2.39. The van der Waals surface area contributed by atoms with Crippen LogP contribution in [0.1, 0.15) is 32.6 Å². The SMILES string of the molecule is CC1CCCC(CO)(NC(=O)Nc2cc(Cl)ccc2Cl)C1. The molecule has 1 aliphatic carbocycles. The Labute approximate surface area is 134 Å². The third-order valence-corrected chi connectivity index (χ3v) is 4.51. The van der Waals surface area contributed by atoms with E-state index in [4.69, 9.17) is 23.2 Å². The average molecular weight is 331 g/mol. The fourth-order valence-corrected chi connectivity index (χ4v) is 3.28. The standard InChI is InChI=1S/C15H20Cl2N2O2/c1-10-3-2-6-15(8-10,9-20)19-14(21)18-13-7-11(16)4-5-12(13)17/h4-5,7,10,20H,2-3,6,8-9H2,1H3,(H2,18,19,21). The first-order valence-electron chi connectivity index (χ1n) is 7.09. The van der Waals surface area contributed by atoms with Gasteiger partial charge in [-0.1, -0.05) is 43.0 Å². The summed E-state index contributed by atoms with van der Waals surface area (Å²) in [6, 6.07) is 4.51. The summed E-state index contributed by atoms with van der Waals surface area (Å²) in [5.41, 5.74) is -0.0918. The highest BCUT2D eigenvalue weighted by molar-refractivity contribution is 6.35. The lowest BCUT2D eigenvalue weighted by atomic mass is 9.77. The minimum atomic E-state index is -0.549. The Morgan fingerprint density at radius 1 is 1.48 bits per heavy atom. The van der Waals surface area contributed by atoms with Crippen molar-refractivity contribution in [1.29, 1.82) is 0 Å². The van der Waals surface area contributed by atoms with Crippen LogP contribution in [0, 0.1) is 5.92 Å². The van der Waals surface area contributed by atoms with Gasteiger partial charge in [0, 0.05) is 5.02 Å². The zero-order valence-corrected chi connectivity index (χ0v) is 13.5. The van der Waals surface area contributed by atoms with E-state index in [0.29, 0.717) is 21.7 Å². The van der Waals surface area contributed by atoms with E-state index in [1.807, 2.05) is 0 Å². The van der Waals surface area contributed by atoms with Gasteiger partial charge in [0.15, 0.2) is 0 Å². The predicted octanol–water partition coefficient (Wildman–Crippen LogP) is 4.06. The van der Waals surface area contributed by atoms with Crippen LogP contribution in [0.4, 0.5) is 10.5 Å². The fourth-order valence-electron chi connectivity index (χ4n) is 2.94. The maximum atomic E-state index is 12.2. The molecular weight excluding hydrogens is 311 g/mol. The molecule has 1 aliphatic rings. The van der Waals surface area contributed by atoms with E-state index in [0.717, 1.165) is 25.7 Å². The van der Waals surface area contributed by atoms with Crippen LogP contribution in [0.15, 0.2) is 18.2 Å². The Morgan fingerprint density at radius 2 is 2.24 bits per heavy atom. The summed E-state index contributed by atoms with van der Waals surface area (Å²) in [5, 5.41) is 16.2. The first kappa shape index (κ1) is 16.4. The molecule has 1 aromatic carbocycles. The molecule has 21 heavy (non-hydrogen) atoms. The van der Waals surface area contributed by atoms with E-state index in [2.05, 4.69) is 17.6 Å². The summed E-state index contributed by atoms with van der Waals surface area (Å²) in [6.07, 6.45) is 3.69. The molecule has 2 atom stereocenters. The lowest BCUT2D eigenvalue weighted by molar-refractivity contribution is 0.108. The number of nitrogens with one attached hydrogen (secondary N) is 2. The van der Waals surface area contributed by atoms with Crippen molar-refractivity contribution in [3.8, 4) is 0 Å². The summed E-state index contributed by atoms with van der Waals surface area (Å²) in [4.78, 5) is 12.2. The smallest absolute Gasteiger partial charge is 0.319 e. The van der Waals surface area contributed by atoms with Crippen molar-refractivity contribution in [1.82, 2.24) is 5.32 Å². The highest BCUT2D eigenvalue weighted by Gasteiger charge is 2.35. The van der Waals surface area contributed by atoms with E-state index in [1.54, 1.807) is 18.2 Å². The summed E-state index contributed by atoms with van der Waals surface area (Å²) in [6.45, 7) is 2.07. The molecule has 2 rings (SSSR count). The minimum absolute atomic E-state index is 0.0615. The normalized spacial score (nSPS) is 25.4. The summed E-state index contributed by atoms with van der Waals surface area (Å²) in [5.74, 6) is 0.487. The Morgan fingerprint density at radius 3 is 2.90 bits per heavy atom. The number of hydrogen-bond acceptors (Lipinski definition) is 2. The second kappa shape index (κ2) is 6.86. The summed E-state index contributed by atoms with van der Waals surface area (Å²) in [7, 11) is 0.